The predicted molar refractivity (Wildman–Crippen MR) is 76.7 cm³/mol. The van der Waals surface area contributed by atoms with E-state index in [4.69, 9.17) is 11.0 Å². The van der Waals surface area contributed by atoms with E-state index in [2.05, 4.69) is 21.2 Å². The average Bonchev–Trinajstić information content (AvgIpc) is 2.91. The Bertz CT molecular complexity index is 566. The minimum atomic E-state index is -0.313. The van der Waals surface area contributed by atoms with E-state index in [1.165, 1.54) is 0 Å². The maximum absolute atomic E-state index is 11.4. The predicted octanol–water partition coefficient (Wildman–Crippen LogP) is -0.136. The van der Waals surface area contributed by atoms with Crippen LogP contribution in [0.5, 0.6) is 0 Å². The van der Waals surface area contributed by atoms with Crippen molar-refractivity contribution in [3.05, 3.63) is 23.9 Å². The molecule has 2 heterocycles. The molecule has 7 heteroatoms. The molecular formula is C14H18N6O. The van der Waals surface area contributed by atoms with E-state index in [9.17, 15) is 4.79 Å². The number of nitriles is 1. The monoisotopic (exact) mass is 286 g/mol. The van der Waals surface area contributed by atoms with Gasteiger partial charge in [0.15, 0.2) is 0 Å². The molecule has 1 aliphatic heterocycles. The van der Waals surface area contributed by atoms with Gasteiger partial charge >= 0.3 is 0 Å². The molecule has 1 saturated heterocycles. The third-order valence-electron chi connectivity index (χ3n) is 4.30. The van der Waals surface area contributed by atoms with E-state index >= 15 is 0 Å². The summed E-state index contributed by atoms with van der Waals surface area (Å²) in [6, 6.07) is 5.85. The van der Waals surface area contributed by atoms with Crippen molar-refractivity contribution in [1.29, 1.82) is 5.26 Å². The van der Waals surface area contributed by atoms with Crippen LogP contribution in [0.3, 0.4) is 0 Å². The second-order valence-corrected chi connectivity index (χ2v) is 5.64. The number of fused-ring (bicyclic) bond motifs is 1. The zero-order chi connectivity index (χ0) is 14.8. The van der Waals surface area contributed by atoms with Crippen molar-refractivity contribution >= 4 is 11.7 Å². The molecular weight excluding hydrogens is 268 g/mol. The first kappa shape index (κ1) is 13.8. The highest BCUT2D eigenvalue weighted by Crippen LogP contribution is 2.31. The van der Waals surface area contributed by atoms with Crippen LogP contribution in [0.25, 0.3) is 0 Å². The molecule has 7 nitrogen and oxygen atoms in total. The normalized spacial score (nSPS) is 31.2. The third-order valence-corrected chi connectivity index (χ3v) is 4.30. The zero-order valence-corrected chi connectivity index (χ0v) is 11.5. The molecule has 1 aromatic heterocycles. The van der Waals surface area contributed by atoms with Crippen LogP contribution in [0.15, 0.2) is 18.3 Å². The third kappa shape index (κ3) is 2.82. The lowest BCUT2D eigenvalue weighted by atomic mass is 9.79. The molecule has 0 bridgehead atoms. The van der Waals surface area contributed by atoms with E-state index in [-0.39, 0.29) is 23.9 Å². The number of nitrogens with two attached hydrogens (primary N) is 1. The minimum Gasteiger partial charge on any atom is -0.368 e. The van der Waals surface area contributed by atoms with Gasteiger partial charge in [0, 0.05) is 24.2 Å². The molecule has 0 radical (unpaired) electrons. The van der Waals surface area contributed by atoms with Gasteiger partial charge in [0.05, 0.1) is 5.56 Å². The summed E-state index contributed by atoms with van der Waals surface area (Å²) in [4.78, 5) is 15.7. The Morgan fingerprint density at radius 1 is 1.43 bits per heavy atom. The molecule has 4 unspecified atom stereocenters. The van der Waals surface area contributed by atoms with Crippen molar-refractivity contribution in [2.75, 3.05) is 5.32 Å². The lowest BCUT2D eigenvalue weighted by Gasteiger charge is -2.33. The van der Waals surface area contributed by atoms with Crippen molar-refractivity contribution < 1.29 is 4.79 Å². The molecule has 1 aliphatic carbocycles. The fourth-order valence-electron chi connectivity index (χ4n) is 3.22. The smallest absolute Gasteiger partial charge is 0.236 e. The zero-order valence-electron chi connectivity index (χ0n) is 11.5. The Morgan fingerprint density at radius 2 is 2.29 bits per heavy atom. The van der Waals surface area contributed by atoms with Crippen LogP contribution in [0.4, 0.5) is 5.82 Å². The van der Waals surface area contributed by atoms with E-state index < -0.39 is 0 Å². The van der Waals surface area contributed by atoms with Crippen LogP contribution in [0.2, 0.25) is 0 Å². The number of rotatable bonds is 3. The highest BCUT2D eigenvalue weighted by Gasteiger charge is 2.42. The first-order valence-corrected chi connectivity index (χ1v) is 7.10. The Labute approximate surface area is 122 Å². The largest absolute Gasteiger partial charge is 0.368 e. The van der Waals surface area contributed by atoms with E-state index in [0.29, 0.717) is 11.6 Å². The fourth-order valence-corrected chi connectivity index (χ4v) is 3.22. The van der Waals surface area contributed by atoms with Gasteiger partial charge in [-0.1, -0.05) is 0 Å². The number of nitrogens with zero attached hydrogens (tertiary/aromatic N) is 2. The fraction of sp³-hybridized carbons (Fsp3) is 0.500. The van der Waals surface area contributed by atoms with Crippen molar-refractivity contribution in [2.24, 2.45) is 11.7 Å². The number of carbonyl (C=O) groups excluding carboxylic acids is 1. The lowest BCUT2D eigenvalue weighted by Crippen LogP contribution is -2.44. The number of carbonyl (C=O) groups is 1. The summed E-state index contributed by atoms with van der Waals surface area (Å²) in [6.07, 6.45) is 4.40. The number of anilines is 1. The summed E-state index contributed by atoms with van der Waals surface area (Å²) < 4.78 is 0. The first-order valence-electron chi connectivity index (χ1n) is 7.10. The summed E-state index contributed by atoms with van der Waals surface area (Å²) in [7, 11) is 0. The quantitative estimate of drug-likeness (QED) is 0.615. The molecule has 3 rings (SSSR count). The van der Waals surface area contributed by atoms with Gasteiger partial charge in [-0.25, -0.2) is 10.4 Å². The van der Waals surface area contributed by atoms with Crippen LogP contribution in [0, 0.1) is 17.2 Å². The molecule has 21 heavy (non-hydrogen) atoms. The van der Waals surface area contributed by atoms with Crippen LogP contribution in [-0.2, 0) is 4.79 Å². The highest BCUT2D eigenvalue weighted by molar-refractivity contribution is 5.80. The summed E-state index contributed by atoms with van der Waals surface area (Å²) >= 11 is 0. The maximum atomic E-state index is 11.4. The Kier molecular flexibility index (Phi) is 3.73. The van der Waals surface area contributed by atoms with Gasteiger partial charge in [0.2, 0.25) is 5.91 Å². The van der Waals surface area contributed by atoms with E-state index in [0.717, 1.165) is 25.1 Å². The van der Waals surface area contributed by atoms with Gasteiger partial charge in [0.1, 0.15) is 17.9 Å². The average molecular weight is 286 g/mol. The van der Waals surface area contributed by atoms with Gasteiger partial charge in [0.25, 0.3) is 0 Å². The lowest BCUT2D eigenvalue weighted by molar-refractivity contribution is -0.120. The van der Waals surface area contributed by atoms with Gasteiger partial charge < -0.3 is 11.1 Å². The second kappa shape index (κ2) is 5.68. The Hall–Kier alpha value is -2.17. The molecule has 0 aromatic carbocycles. The first-order chi connectivity index (χ1) is 10.2. The Balaban J connectivity index is 1.64. The summed E-state index contributed by atoms with van der Waals surface area (Å²) in [5.74, 6) is 0.645. The number of nitrogens with one attached hydrogen (secondary N) is 3. The molecule has 1 aromatic rings. The van der Waals surface area contributed by atoms with Gasteiger partial charge in [-0.2, -0.15) is 5.26 Å². The SMILES string of the molecule is N#Cc1ccc(NC2CCC3NNC(C(N)=O)C3C2)nc1. The topological polar surface area (TPSA) is 116 Å². The summed E-state index contributed by atoms with van der Waals surface area (Å²) in [5.41, 5.74) is 12.1. The number of primary amides is 1. The maximum Gasteiger partial charge on any atom is 0.236 e. The minimum absolute atomic E-state index is 0.201. The van der Waals surface area contributed by atoms with Gasteiger partial charge in [-0.05, 0) is 31.4 Å². The Morgan fingerprint density at radius 3 is 2.95 bits per heavy atom. The number of aromatic nitrogens is 1. The second-order valence-electron chi connectivity index (χ2n) is 5.64. The molecule has 110 valence electrons. The highest BCUT2D eigenvalue weighted by atomic mass is 16.1. The van der Waals surface area contributed by atoms with Crippen molar-refractivity contribution in [2.45, 2.75) is 37.4 Å². The number of amides is 1. The molecule has 4 atom stereocenters. The number of hydrogen-bond acceptors (Lipinski definition) is 6. The van der Waals surface area contributed by atoms with E-state index in [1.54, 1.807) is 18.3 Å². The van der Waals surface area contributed by atoms with Crippen molar-refractivity contribution in [3.63, 3.8) is 0 Å². The number of hydrogen-bond donors (Lipinski definition) is 4. The molecule has 1 saturated carbocycles. The van der Waals surface area contributed by atoms with Crippen LogP contribution in [-0.4, -0.2) is 29.0 Å². The van der Waals surface area contributed by atoms with Gasteiger partial charge in [-0.3, -0.25) is 10.2 Å². The number of hydrazine groups is 1. The van der Waals surface area contributed by atoms with Crippen molar-refractivity contribution in [3.8, 4) is 6.07 Å². The molecule has 1 amide bonds. The standard InChI is InChI=1S/C14H18N6O/c15-6-8-1-4-12(17-7-8)18-9-2-3-11-10(5-9)13(14(16)21)20-19-11/h1,4,7,9-11,13,19-20H,2-3,5H2,(H2,16,21)(H,17,18). The van der Waals surface area contributed by atoms with E-state index in [1.807, 2.05) is 6.07 Å². The molecule has 0 spiro atoms. The van der Waals surface area contributed by atoms with Crippen LogP contribution < -0.4 is 21.9 Å². The van der Waals surface area contributed by atoms with Gasteiger partial charge in [-0.15, -0.1) is 0 Å². The molecule has 2 aliphatic rings. The molecule has 2 fully saturated rings. The molecule has 5 N–H and O–H groups in total. The number of pyridine rings is 1. The summed E-state index contributed by atoms with van der Waals surface area (Å²) in [6.45, 7) is 0. The van der Waals surface area contributed by atoms with Crippen LogP contribution >= 0.6 is 0 Å². The van der Waals surface area contributed by atoms with Crippen LogP contribution in [0.1, 0.15) is 24.8 Å². The summed E-state index contributed by atoms with van der Waals surface area (Å²) in [5, 5.41) is 12.1. The van der Waals surface area contributed by atoms with Crippen molar-refractivity contribution in [1.82, 2.24) is 15.8 Å².